The lowest BCUT2D eigenvalue weighted by molar-refractivity contribution is -0.143. The second kappa shape index (κ2) is 8.87. The number of carbonyl (C=O) groups is 2. The zero-order valence-corrected chi connectivity index (χ0v) is 11.9. The molecule has 1 rings (SSSR count). The van der Waals surface area contributed by atoms with E-state index in [1.807, 2.05) is 0 Å². The van der Waals surface area contributed by atoms with Gasteiger partial charge in [0, 0.05) is 38.6 Å². The maximum absolute atomic E-state index is 11.7. The van der Waals surface area contributed by atoms with Crippen molar-refractivity contribution in [3.05, 3.63) is 0 Å². The Bertz CT molecular complexity index is 297. The van der Waals surface area contributed by atoms with E-state index < -0.39 is 0 Å². The number of hydrogen-bond acceptors (Lipinski definition) is 5. The third kappa shape index (κ3) is 6.54. The van der Waals surface area contributed by atoms with Gasteiger partial charge in [-0.1, -0.05) is 0 Å². The summed E-state index contributed by atoms with van der Waals surface area (Å²) in [5.41, 5.74) is 0. The predicted molar refractivity (Wildman–Crippen MR) is 72.8 cm³/mol. The highest BCUT2D eigenvalue weighted by atomic mass is 16.5. The molecule has 19 heavy (non-hydrogen) atoms. The monoisotopic (exact) mass is 271 g/mol. The Hall–Kier alpha value is -1.14. The molecule has 1 atom stereocenters. The summed E-state index contributed by atoms with van der Waals surface area (Å²) in [7, 11) is 0. The number of rotatable bonds is 7. The minimum atomic E-state index is -0.201. The molecule has 0 aromatic rings. The summed E-state index contributed by atoms with van der Waals surface area (Å²) in [6.07, 6.45) is 0.986. The first-order chi connectivity index (χ1) is 9.13. The molecule has 1 amide bonds. The van der Waals surface area contributed by atoms with E-state index in [1.54, 1.807) is 6.92 Å². The largest absolute Gasteiger partial charge is 0.466 e. The smallest absolute Gasteiger partial charge is 0.305 e. The molecule has 6 nitrogen and oxygen atoms in total. The lowest BCUT2D eigenvalue weighted by Crippen LogP contribution is -2.52. The van der Waals surface area contributed by atoms with E-state index in [0.29, 0.717) is 38.6 Å². The van der Waals surface area contributed by atoms with E-state index in [0.717, 1.165) is 19.6 Å². The highest BCUT2D eigenvalue weighted by Crippen LogP contribution is 2.01. The van der Waals surface area contributed by atoms with E-state index in [2.05, 4.69) is 22.5 Å². The molecule has 1 fully saturated rings. The average molecular weight is 271 g/mol. The first kappa shape index (κ1) is 15.9. The van der Waals surface area contributed by atoms with Crippen LogP contribution in [0.2, 0.25) is 0 Å². The van der Waals surface area contributed by atoms with Gasteiger partial charge in [-0.05, 0) is 20.3 Å². The first-order valence-electron chi connectivity index (χ1n) is 7.00. The van der Waals surface area contributed by atoms with Gasteiger partial charge in [-0.3, -0.25) is 14.5 Å². The van der Waals surface area contributed by atoms with Crippen LogP contribution in [0.1, 0.15) is 26.7 Å². The molecule has 0 bridgehead atoms. The van der Waals surface area contributed by atoms with Crippen LogP contribution in [-0.2, 0) is 14.3 Å². The van der Waals surface area contributed by atoms with Gasteiger partial charge in [-0.25, -0.2) is 0 Å². The van der Waals surface area contributed by atoms with Crippen LogP contribution >= 0.6 is 0 Å². The molecule has 1 aliphatic rings. The van der Waals surface area contributed by atoms with Crippen molar-refractivity contribution in [2.75, 3.05) is 39.3 Å². The Morgan fingerprint density at radius 2 is 2.26 bits per heavy atom. The number of nitrogens with zero attached hydrogens (tertiary/aromatic N) is 1. The molecule has 0 spiro atoms. The maximum Gasteiger partial charge on any atom is 0.305 e. The Labute approximate surface area is 114 Å². The van der Waals surface area contributed by atoms with Crippen molar-refractivity contribution in [3.63, 3.8) is 0 Å². The molecule has 1 heterocycles. The van der Waals surface area contributed by atoms with Gasteiger partial charge in [0.2, 0.25) is 5.91 Å². The lowest BCUT2D eigenvalue weighted by Gasteiger charge is -2.33. The number of esters is 1. The van der Waals surface area contributed by atoms with Gasteiger partial charge < -0.3 is 15.4 Å². The molecule has 0 saturated carbocycles. The maximum atomic E-state index is 11.7. The fraction of sp³-hybridized carbons (Fsp3) is 0.846. The topological polar surface area (TPSA) is 70.7 Å². The van der Waals surface area contributed by atoms with Gasteiger partial charge >= 0.3 is 5.97 Å². The summed E-state index contributed by atoms with van der Waals surface area (Å²) in [5.74, 6) is -0.176. The molecule has 0 radical (unpaired) electrons. The number of carbonyl (C=O) groups excluding carboxylic acids is 2. The molecule has 110 valence electrons. The predicted octanol–water partition coefficient (Wildman–Crippen LogP) is -0.260. The SMILES string of the molecule is CCOC(=O)CCCNC(=O)CN1CCNCC1C. The number of amides is 1. The van der Waals surface area contributed by atoms with Gasteiger partial charge in [0.15, 0.2) is 0 Å². The van der Waals surface area contributed by atoms with Crippen molar-refractivity contribution in [2.24, 2.45) is 0 Å². The number of piperazine rings is 1. The number of hydrogen-bond donors (Lipinski definition) is 2. The van der Waals surface area contributed by atoms with Crippen LogP contribution in [0.15, 0.2) is 0 Å². The molecular weight excluding hydrogens is 246 g/mol. The molecular formula is C13H25N3O3. The number of ether oxygens (including phenoxy) is 1. The Morgan fingerprint density at radius 1 is 1.47 bits per heavy atom. The van der Waals surface area contributed by atoms with Crippen LogP contribution in [-0.4, -0.2) is 62.1 Å². The first-order valence-corrected chi connectivity index (χ1v) is 7.00. The highest BCUT2D eigenvalue weighted by Gasteiger charge is 2.19. The fourth-order valence-electron chi connectivity index (χ4n) is 2.05. The van der Waals surface area contributed by atoms with Crippen LogP contribution in [0, 0.1) is 0 Å². The van der Waals surface area contributed by atoms with Crippen molar-refractivity contribution in [1.29, 1.82) is 0 Å². The van der Waals surface area contributed by atoms with Crippen molar-refractivity contribution < 1.29 is 14.3 Å². The van der Waals surface area contributed by atoms with Crippen LogP contribution in [0.5, 0.6) is 0 Å². The summed E-state index contributed by atoms with van der Waals surface area (Å²) < 4.78 is 4.82. The Kier molecular flexibility index (Phi) is 7.43. The summed E-state index contributed by atoms with van der Waals surface area (Å²) >= 11 is 0. The summed E-state index contributed by atoms with van der Waals surface area (Å²) in [6, 6.07) is 0.388. The van der Waals surface area contributed by atoms with E-state index in [1.165, 1.54) is 0 Å². The second-order valence-corrected chi connectivity index (χ2v) is 4.78. The molecule has 2 N–H and O–H groups in total. The van der Waals surface area contributed by atoms with Gasteiger partial charge in [0.05, 0.1) is 13.2 Å². The Balaban J connectivity index is 2.09. The van der Waals surface area contributed by atoms with Gasteiger partial charge in [0.1, 0.15) is 0 Å². The molecule has 6 heteroatoms. The van der Waals surface area contributed by atoms with Crippen molar-refractivity contribution in [1.82, 2.24) is 15.5 Å². The van der Waals surface area contributed by atoms with Gasteiger partial charge in [0.25, 0.3) is 0 Å². The molecule has 0 aliphatic carbocycles. The third-order valence-corrected chi connectivity index (χ3v) is 3.17. The van der Waals surface area contributed by atoms with Gasteiger partial charge in [-0.2, -0.15) is 0 Å². The second-order valence-electron chi connectivity index (χ2n) is 4.78. The quantitative estimate of drug-likeness (QED) is 0.493. The summed E-state index contributed by atoms with van der Waals surface area (Å²) in [5, 5.41) is 6.13. The highest BCUT2D eigenvalue weighted by molar-refractivity contribution is 5.78. The van der Waals surface area contributed by atoms with E-state index in [4.69, 9.17) is 4.74 Å². The van der Waals surface area contributed by atoms with Crippen LogP contribution < -0.4 is 10.6 Å². The Morgan fingerprint density at radius 3 is 2.95 bits per heavy atom. The molecule has 1 aliphatic heterocycles. The van der Waals surface area contributed by atoms with Crippen molar-refractivity contribution >= 4 is 11.9 Å². The minimum Gasteiger partial charge on any atom is -0.466 e. The zero-order valence-electron chi connectivity index (χ0n) is 11.9. The molecule has 0 aromatic carbocycles. The fourth-order valence-corrected chi connectivity index (χ4v) is 2.05. The average Bonchev–Trinajstić information content (AvgIpc) is 2.38. The molecule has 1 saturated heterocycles. The van der Waals surface area contributed by atoms with Gasteiger partial charge in [-0.15, -0.1) is 0 Å². The van der Waals surface area contributed by atoms with Crippen LogP contribution in [0.3, 0.4) is 0 Å². The van der Waals surface area contributed by atoms with Crippen molar-refractivity contribution in [2.45, 2.75) is 32.7 Å². The van der Waals surface area contributed by atoms with E-state index in [-0.39, 0.29) is 11.9 Å². The third-order valence-electron chi connectivity index (χ3n) is 3.17. The minimum absolute atomic E-state index is 0.0256. The lowest BCUT2D eigenvalue weighted by atomic mass is 10.2. The molecule has 1 unspecified atom stereocenters. The summed E-state index contributed by atoms with van der Waals surface area (Å²) in [4.78, 5) is 25.0. The van der Waals surface area contributed by atoms with E-state index >= 15 is 0 Å². The van der Waals surface area contributed by atoms with Crippen LogP contribution in [0.25, 0.3) is 0 Å². The standard InChI is InChI=1S/C13H25N3O3/c1-3-19-13(18)5-4-6-15-12(17)10-16-8-7-14-9-11(16)2/h11,14H,3-10H2,1-2H3,(H,15,17). The zero-order chi connectivity index (χ0) is 14.1. The molecule has 0 aromatic heterocycles. The summed E-state index contributed by atoms with van der Waals surface area (Å²) in [6.45, 7) is 8.02. The van der Waals surface area contributed by atoms with Crippen LogP contribution in [0.4, 0.5) is 0 Å². The van der Waals surface area contributed by atoms with Crippen molar-refractivity contribution in [3.8, 4) is 0 Å². The van der Waals surface area contributed by atoms with E-state index in [9.17, 15) is 9.59 Å². The normalized spacial score (nSPS) is 20.0. The number of nitrogens with one attached hydrogen (secondary N) is 2.